The Bertz CT molecular complexity index is 1240. The number of rotatable bonds is 11. The molecule has 0 bridgehead atoms. The predicted molar refractivity (Wildman–Crippen MR) is 141 cm³/mol. The molecule has 0 fully saturated rings. The highest BCUT2D eigenvalue weighted by Gasteiger charge is 2.23. The summed E-state index contributed by atoms with van der Waals surface area (Å²) in [7, 11) is 0. The zero-order chi connectivity index (χ0) is 26.1. The highest BCUT2D eigenvalue weighted by molar-refractivity contribution is 6.09. The Morgan fingerprint density at radius 1 is 0.889 bits per heavy atom. The second-order valence-corrected chi connectivity index (χ2v) is 8.20. The maximum absolute atomic E-state index is 13.2. The van der Waals surface area contributed by atoms with Crippen LogP contribution in [0, 0.1) is 6.92 Å². The van der Waals surface area contributed by atoms with E-state index in [1.807, 2.05) is 45.0 Å². The van der Waals surface area contributed by atoms with Crippen LogP contribution >= 0.6 is 0 Å². The maximum Gasteiger partial charge on any atom is 0.259 e. The van der Waals surface area contributed by atoms with E-state index in [1.165, 1.54) is 0 Å². The summed E-state index contributed by atoms with van der Waals surface area (Å²) in [5.74, 6) is -0.358. The van der Waals surface area contributed by atoms with Crippen LogP contribution in [0.2, 0.25) is 0 Å². The van der Waals surface area contributed by atoms with Crippen LogP contribution < -0.4 is 25.4 Å². The second kappa shape index (κ2) is 12.2. The number of anilines is 3. The predicted octanol–water partition coefficient (Wildman–Crippen LogP) is 5.42. The minimum atomic E-state index is -0.396. The van der Waals surface area contributed by atoms with Gasteiger partial charge in [-0.25, -0.2) is 0 Å². The fourth-order valence-corrected chi connectivity index (χ4v) is 3.29. The van der Waals surface area contributed by atoms with Crippen molar-refractivity contribution in [3.8, 4) is 11.5 Å². The Balaban J connectivity index is 1.97. The Hall–Kier alpha value is -4.59. The molecule has 0 radical (unpaired) electrons. The highest BCUT2D eigenvalue weighted by Crippen LogP contribution is 2.40. The van der Waals surface area contributed by atoms with E-state index < -0.39 is 5.91 Å². The largest absolute Gasteiger partial charge is 0.485 e. The van der Waals surface area contributed by atoms with Crippen molar-refractivity contribution in [1.29, 1.82) is 0 Å². The van der Waals surface area contributed by atoms with Crippen molar-refractivity contribution < 1.29 is 23.9 Å². The van der Waals surface area contributed by atoms with Crippen LogP contribution in [0.15, 0.2) is 73.3 Å². The minimum absolute atomic E-state index is 0.127. The molecule has 3 aromatic carbocycles. The lowest BCUT2D eigenvalue weighted by molar-refractivity contribution is -0.105. The molecule has 0 unspecified atom stereocenters. The number of benzene rings is 3. The molecule has 3 amide bonds. The molecule has 0 atom stereocenters. The summed E-state index contributed by atoms with van der Waals surface area (Å²) < 4.78 is 11.9. The van der Waals surface area contributed by atoms with Crippen LogP contribution in [0.4, 0.5) is 17.1 Å². The van der Waals surface area contributed by atoms with Crippen LogP contribution in [0.5, 0.6) is 11.5 Å². The molecule has 8 nitrogen and oxygen atoms in total. The van der Waals surface area contributed by atoms with Crippen LogP contribution in [0.3, 0.4) is 0 Å². The zero-order valence-electron chi connectivity index (χ0n) is 20.5. The summed E-state index contributed by atoms with van der Waals surface area (Å²) in [6.45, 7) is 9.44. The first-order chi connectivity index (χ1) is 17.3. The van der Waals surface area contributed by atoms with Gasteiger partial charge in [-0.05, 0) is 69.3 Å². The van der Waals surface area contributed by atoms with Gasteiger partial charge in [0.05, 0.1) is 17.4 Å². The molecule has 0 aliphatic rings. The van der Waals surface area contributed by atoms with Gasteiger partial charge in [-0.15, -0.1) is 0 Å². The van der Waals surface area contributed by atoms with Gasteiger partial charge in [0.15, 0.2) is 11.5 Å². The number of hydrogen-bond donors (Lipinski definition) is 3. The maximum atomic E-state index is 13.2. The summed E-state index contributed by atoms with van der Waals surface area (Å²) in [6.07, 6.45) is 1.85. The van der Waals surface area contributed by atoms with Gasteiger partial charge in [0.1, 0.15) is 6.61 Å². The topological polar surface area (TPSA) is 106 Å². The normalized spacial score (nSPS) is 10.3. The van der Waals surface area contributed by atoms with E-state index in [2.05, 4.69) is 22.5 Å². The molecule has 8 heteroatoms. The molecule has 0 aromatic heterocycles. The standard InChI is InChI=1S/C28H29N3O5/c1-5-16-35-25-23(28(34)30-22-10-6-19(4)7-11-22)14-15-24(26(25)36-18(2)3)31-27(33)20-8-12-21(13-9-20)29-17-32/h5-15,17-18H,1,16H2,2-4H3,(H,29,32)(H,30,34)(H,31,33). The third-order valence-corrected chi connectivity index (χ3v) is 4.99. The van der Waals surface area contributed by atoms with Gasteiger partial charge in [-0.2, -0.15) is 0 Å². The summed E-state index contributed by atoms with van der Waals surface area (Å²) >= 11 is 0. The molecule has 3 aromatic rings. The van der Waals surface area contributed by atoms with Crippen molar-refractivity contribution in [3.63, 3.8) is 0 Å². The Labute approximate surface area is 210 Å². The molecular weight excluding hydrogens is 458 g/mol. The van der Waals surface area contributed by atoms with E-state index in [4.69, 9.17) is 9.47 Å². The van der Waals surface area contributed by atoms with E-state index in [-0.39, 0.29) is 35.7 Å². The van der Waals surface area contributed by atoms with Gasteiger partial charge in [0, 0.05) is 16.9 Å². The van der Waals surface area contributed by atoms with Gasteiger partial charge >= 0.3 is 0 Å². The SMILES string of the molecule is C=CCOc1c(C(=O)Nc2ccc(C)cc2)ccc(NC(=O)c2ccc(NC=O)cc2)c1OC(C)C. The Kier molecular flexibility index (Phi) is 8.83. The summed E-state index contributed by atoms with van der Waals surface area (Å²) in [6, 6.07) is 17.0. The number of ether oxygens (including phenoxy) is 2. The van der Waals surface area contributed by atoms with Gasteiger partial charge in [0.25, 0.3) is 11.8 Å². The summed E-state index contributed by atoms with van der Waals surface area (Å²) in [4.78, 5) is 36.7. The van der Waals surface area contributed by atoms with E-state index in [0.29, 0.717) is 29.0 Å². The number of nitrogens with one attached hydrogen (secondary N) is 3. The Morgan fingerprint density at radius 2 is 1.56 bits per heavy atom. The fraction of sp³-hybridized carbons (Fsp3) is 0.179. The molecule has 0 aliphatic carbocycles. The molecular formula is C28H29N3O5. The minimum Gasteiger partial charge on any atom is -0.485 e. The second-order valence-electron chi connectivity index (χ2n) is 8.20. The van der Waals surface area contributed by atoms with Gasteiger partial charge in [-0.1, -0.05) is 30.4 Å². The molecule has 0 saturated heterocycles. The average Bonchev–Trinajstić information content (AvgIpc) is 2.85. The van der Waals surface area contributed by atoms with Gasteiger partial charge in [0.2, 0.25) is 6.41 Å². The molecule has 3 rings (SSSR count). The summed E-state index contributed by atoms with van der Waals surface area (Å²) in [5, 5.41) is 8.22. The first-order valence-electron chi connectivity index (χ1n) is 11.4. The van der Waals surface area contributed by atoms with Gasteiger partial charge < -0.3 is 25.4 Å². The monoisotopic (exact) mass is 487 g/mol. The summed E-state index contributed by atoms with van der Waals surface area (Å²) in [5.41, 5.74) is 3.23. The van der Waals surface area contributed by atoms with Crippen LogP contribution in [-0.4, -0.2) is 30.9 Å². The third-order valence-electron chi connectivity index (χ3n) is 4.99. The molecule has 0 spiro atoms. The van der Waals surface area contributed by atoms with Crippen LogP contribution in [0.25, 0.3) is 0 Å². The van der Waals surface area contributed by atoms with Crippen molar-refractivity contribution in [2.24, 2.45) is 0 Å². The number of aryl methyl sites for hydroxylation is 1. The van der Waals surface area contributed by atoms with Crippen molar-refractivity contribution in [2.75, 3.05) is 22.6 Å². The van der Waals surface area contributed by atoms with E-state index in [1.54, 1.807) is 42.5 Å². The van der Waals surface area contributed by atoms with E-state index in [9.17, 15) is 14.4 Å². The highest BCUT2D eigenvalue weighted by atomic mass is 16.5. The van der Waals surface area contributed by atoms with Crippen LogP contribution in [-0.2, 0) is 4.79 Å². The smallest absolute Gasteiger partial charge is 0.259 e. The van der Waals surface area contributed by atoms with Crippen molar-refractivity contribution in [1.82, 2.24) is 0 Å². The number of amides is 3. The average molecular weight is 488 g/mol. The van der Waals surface area contributed by atoms with Crippen molar-refractivity contribution >= 4 is 35.3 Å². The van der Waals surface area contributed by atoms with Crippen molar-refractivity contribution in [2.45, 2.75) is 26.9 Å². The molecule has 0 heterocycles. The first kappa shape index (κ1) is 26.0. The molecule has 0 aliphatic heterocycles. The Morgan fingerprint density at radius 3 is 2.17 bits per heavy atom. The molecule has 36 heavy (non-hydrogen) atoms. The number of carbonyl (C=O) groups excluding carboxylic acids is 3. The zero-order valence-corrected chi connectivity index (χ0v) is 20.5. The van der Waals surface area contributed by atoms with Crippen LogP contribution in [0.1, 0.15) is 40.1 Å². The van der Waals surface area contributed by atoms with E-state index in [0.717, 1.165) is 5.56 Å². The first-order valence-corrected chi connectivity index (χ1v) is 11.4. The molecule has 3 N–H and O–H groups in total. The molecule has 186 valence electrons. The third kappa shape index (κ3) is 6.73. The number of hydrogen-bond acceptors (Lipinski definition) is 5. The fourth-order valence-electron chi connectivity index (χ4n) is 3.29. The lowest BCUT2D eigenvalue weighted by Gasteiger charge is -2.21. The number of carbonyl (C=O) groups is 3. The molecule has 0 saturated carbocycles. The lowest BCUT2D eigenvalue weighted by Crippen LogP contribution is -2.18. The quantitative estimate of drug-likeness (QED) is 0.247. The van der Waals surface area contributed by atoms with Crippen molar-refractivity contribution in [3.05, 3.63) is 90.0 Å². The van der Waals surface area contributed by atoms with E-state index >= 15 is 0 Å². The van der Waals surface area contributed by atoms with Gasteiger partial charge in [-0.3, -0.25) is 14.4 Å². The lowest BCUT2D eigenvalue weighted by atomic mass is 10.1.